The van der Waals surface area contributed by atoms with E-state index in [0.29, 0.717) is 12.5 Å². The van der Waals surface area contributed by atoms with Gasteiger partial charge in [-0.3, -0.25) is 4.79 Å². The molecule has 2 N–H and O–H groups in total. The normalized spacial score (nSPS) is 22.4. The topological polar surface area (TPSA) is 75.4 Å². The van der Waals surface area contributed by atoms with E-state index in [1.807, 2.05) is 0 Å². The van der Waals surface area contributed by atoms with Crippen LogP contribution in [0.2, 0.25) is 0 Å². The van der Waals surface area contributed by atoms with Crippen LogP contribution in [-0.4, -0.2) is 28.8 Å². The van der Waals surface area contributed by atoms with Crippen LogP contribution >= 0.6 is 0 Å². The van der Waals surface area contributed by atoms with E-state index in [1.165, 1.54) is 0 Å². The van der Waals surface area contributed by atoms with Gasteiger partial charge in [0.1, 0.15) is 0 Å². The molecule has 112 valence electrons. The fourth-order valence-corrected chi connectivity index (χ4v) is 2.86. The second-order valence-electron chi connectivity index (χ2n) is 5.60. The van der Waals surface area contributed by atoms with Crippen LogP contribution in [0.5, 0.6) is 0 Å². The summed E-state index contributed by atoms with van der Waals surface area (Å²) < 4.78 is 5.13. The second kappa shape index (κ2) is 6.88. The van der Waals surface area contributed by atoms with Crippen molar-refractivity contribution >= 4 is 5.91 Å². The maximum absolute atomic E-state index is 12.0. The van der Waals surface area contributed by atoms with Crippen LogP contribution in [0.15, 0.2) is 10.6 Å². The molecule has 1 fully saturated rings. The monoisotopic (exact) mass is 280 g/mol. The molecule has 0 aromatic carbocycles. The SMILES string of the molecule is CCC(CC)c1cc(C(=O)NCC2CCCC2O)on1. The Morgan fingerprint density at radius 1 is 1.50 bits per heavy atom. The Hall–Kier alpha value is -1.36. The van der Waals surface area contributed by atoms with Crippen LogP contribution in [0.4, 0.5) is 0 Å². The predicted octanol–water partition coefficient (Wildman–Crippen LogP) is 2.47. The molecule has 0 radical (unpaired) electrons. The number of carbonyl (C=O) groups is 1. The first-order valence-corrected chi connectivity index (χ1v) is 7.58. The van der Waals surface area contributed by atoms with Gasteiger partial charge in [0.25, 0.3) is 5.91 Å². The van der Waals surface area contributed by atoms with Gasteiger partial charge in [0, 0.05) is 24.4 Å². The molecule has 5 heteroatoms. The van der Waals surface area contributed by atoms with Crippen molar-refractivity contribution in [3.05, 3.63) is 17.5 Å². The number of hydrogen-bond acceptors (Lipinski definition) is 4. The fraction of sp³-hybridized carbons (Fsp3) is 0.733. The lowest BCUT2D eigenvalue weighted by Gasteiger charge is -2.14. The predicted molar refractivity (Wildman–Crippen MR) is 75.5 cm³/mol. The lowest BCUT2D eigenvalue weighted by molar-refractivity contribution is 0.0881. The molecule has 1 saturated carbocycles. The highest BCUT2D eigenvalue weighted by atomic mass is 16.5. The average Bonchev–Trinajstić information content (AvgIpc) is 3.07. The molecule has 0 bridgehead atoms. The van der Waals surface area contributed by atoms with E-state index < -0.39 is 0 Å². The Bertz CT molecular complexity index is 440. The first kappa shape index (κ1) is 15.0. The van der Waals surface area contributed by atoms with E-state index in [0.717, 1.165) is 37.8 Å². The van der Waals surface area contributed by atoms with E-state index in [4.69, 9.17) is 4.52 Å². The number of carbonyl (C=O) groups excluding carboxylic acids is 1. The van der Waals surface area contributed by atoms with Gasteiger partial charge >= 0.3 is 0 Å². The number of nitrogens with zero attached hydrogens (tertiary/aromatic N) is 1. The van der Waals surface area contributed by atoms with Gasteiger partial charge in [-0.15, -0.1) is 0 Å². The molecule has 0 spiro atoms. The van der Waals surface area contributed by atoms with Gasteiger partial charge in [0.15, 0.2) is 0 Å². The first-order valence-electron chi connectivity index (χ1n) is 7.58. The van der Waals surface area contributed by atoms with Crippen molar-refractivity contribution in [2.45, 2.75) is 58.0 Å². The summed E-state index contributed by atoms with van der Waals surface area (Å²) in [6.07, 6.45) is 4.52. The van der Waals surface area contributed by atoms with Crippen LogP contribution in [-0.2, 0) is 0 Å². The van der Waals surface area contributed by atoms with Crippen LogP contribution in [0.1, 0.15) is 68.1 Å². The lowest BCUT2D eigenvalue weighted by atomic mass is 9.99. The molecule has 0 aliphatic heterocycles. The molecule has 5 nitrogen and oxygen atoms in total. The zero-order valence-electron chi connectivity index (χ0n) is 12.3. The number of amides is 1. The zero-order chi connectivity index (χ0) is 14.5. The highest BCUT2D eigenvalue weighted by Crippen LogP contribution is 2.25. The number of aliphatic hydroxyl groups is 1. The number of nitrogens with one attached hydrogen (secondary N) is 1. The summed E-state index contributed by atoms with van der Waals surface area (Å²) >= 11 is 0. The highest BCUT2D eigenvalue weighted by molar-refractivity contribution is 5.91. The van der Waals surface area contributed by atoms with Crippen LogP contribution in [0, 0.1) is 5.92 Å². The summed E-state index contributed by atoms with van der Waals surface area (Å²) in [5.41, 5.74) is 0.848. The van der Waals surface area contributed by atoms with Crippen LogP contribution in [0.25, 0.3) is 0 Å². The van der Waals surface area contributed by atoms with Crippen molar-refractivity contribution < 1.29 is 14.4 Å². The molecule has 1 aromatic rings. The summed E-state index contributed by atoms with van der Waals surface area (Å²) in [4.78, 5) is 12.0. The van der Waals surface area contributed by atoms with Gasteiger partial charge in [0.05, 0.1) is 11.8 Å². The quantitative estimate of drug-likeness (QED) is 0.839. The Balaban J connectivity index is 1.89. The minimum atomic E-state index is -0.287. The molecular formula is C15H24N2O3. The van der Waals surface area contributed by atoms with Crippen molar-refractivity contribution in [1.82, 2.24) is 10.5 Å². The second-order valence-corrected chi connectivity index (χ2v) is 5.60. The molecule has 20 heavy (non-hydrogen) atoms. The van der Waals surface area contributed by atoms with E-state index >= 15 is 0 Å². The number of aromatic nitrogens is 1. The van der Waals surface area contributed by atoms with Crippen molar-refractivity contribution in [1.29, 1.82) is 0 Å². The van der Waals surface area contributed by atoms with Gasteiger partial charge < -0.3 is 14.9 Å². The van der Waals surface area contributed by atoms with Crippen molar-refractivity contribution in [3.63, 3.8) is 0 Å². The van der Waals surface area contributed by atoms with Gasteiger partial charge in [-0.2, -0.15) is 0 Å². The van der Waals surface area contributed by atoms with Crippen molar-refractivity contribution in [2.24, 2.45) is 5.92 Å². The minimum absolute atomic E-state index is 0.167. The fourth-order valence-electron chi connectivity index (χ4n) is 2.86. The highest BCUT2D eigenvalue weighted by Gasteiger charge is 2.26. The minimum Gasteiger partial charge on any atom is -0.393 e. The van der Waals surface area contributed by atoms with Gasteiger partial charge in [-0.05, 0) is 25.7 Å². The van der Waals surface area contributed by atoms with E-state index in [-0.39, 0.29) is 23.7 Å². The average molecular weight is 280 g/mol. The molecule has 2 unspecified atom stereocenters. The number of hydrogen-bond donors (Lipinski definition) is 2. The third-order valence-corrected chi connectivity index (χ3v) is 4.30. The summed E-state index contributed by atoms with van der Waals surface area (Å²) in [7, 11) is 0. The zero-order valence-corrected chi connectivity index (χ0v) is 12.3. The van der Waals surface area contributed by atoms with Crippen LogP contribution in [0.3, 0.4) is 0 Å². The first-order chi connectivity index (χ1) is 9.65. The maximum atomic E-state index is 12.0. The Kier molecular flexibility index (Phi) is 5.17. The smallest absolute Gasteiger partial charge is 0.289 e. The molecule has 1 aromatic heterocycles. The Labute approximate surface area is 119 Å². The molecule has 1 heterocycles. The maximum Gasteiger partial charge on any atom is 0.289 e. The molecule has 1 aliphatic carbocycles. The summed E-state index contributed by atoms with van der Waals surface area (Å²) in [5.74, 6) is 0.533. The molecule has 2 atom stereocenters. The summed E-state index contributed by atoms with van der Waals surface area (Å²) in [6, 6.07) is 1.73. The molecule has 0 saturated heterocycles. The lowest BCUT2D eigenvalue weighted by Crippen LogP contribution is -2.32. The van der Waals surface area contributed by atoms with Crippen molar-refractivity contribution in [2.75, 3.05) is 6.54 Å². The Morgan fingerprint density at radius 2 is 2.25 bits per heavy atom. The van der Waals surface area contributed by atoms with E-state index in [1.54, 1.807) is 6.07 Å². The Morgan fingerprint density at radius 3 is 2.85 bits per heavy atom. The molecule has 1 amide bonds. The van der Waals surface area contributed by atoms with E-state index in [9.17, 15) is 9.90 Å². The molecular weight excluding hydrogens is 256 g/mol. The molecule has 1 aliphatic rings. The molecule has 2 rings (SSSR count). The van der Waals surface area contributed by atoms with Crippen LogP contribution < -0.4 is 5.32 Å². The van der Waals surface area contributed by atoms with Gasteiger partial charge in [-0.25, -0.2) is 0 Å². The standard InChI is InChI=1S/C15H24N2O3/c1-3-10(4-2)12-8-14(20-17-12)15(19)16-9-11-6-5-7-13(11)18/h8,10-11,13,18H,3-7,9H2,1-2H3,(H,16,19). The number of rotatable bonds is 6. The summed E-state index contributed by atoms with van der Waals surface area (Å²) in [5, 5.41) is 16.5. The van der Waals surface area contributed by atoms with Gasteiger partial charge in [0.2, 0.25) is 5.76 Å². The van der Waals surface area contributed by atoms with Gasteiger partial charge in [-0.1, -0.05) is 25.4 Å². The third-order valence-electron chi connectivity index (χ3n) is 4.30. The summed E-state index contributed by atoms with van der Waals surface area (Å²) in [6.45, 7) is 4.70. The largest absolute Gasteiger partial charge is 0.393 e. The number of aliphatic hydroxyl groups excluding tert-OH is 1. The third kappa shape index (κ3) is 3.39. The van der Waals surface area contributed by atoms with E-state index in [2.05, 4.69) is 24.3 Å². The van der Waals surface area contributed by atoms with Crippen molar-refractivity contribution in [3.8, 4) is 0 Å².